The summed E-state index contributed by atoms with van der Waals surface area (Å²) in [5.74, 6) is -1.05. The maximum Gasteiger partial charge on any atom is 0.323 e. The molecular formula is C11H14BrNO3. The van der Waals surface area contributed by atoms with Crippen LogP contribution in [0.5, 0.6) is 0 Å². The number of nitrogens with one attached hydrogen (secondary N) is 1. The van der Waals surface area contributed by atoms with Crippen LogP contribution in [0.25, 0.3) is 0 Å². The van der Waals surface area contributed by atoms with E-state index in [2.05, 4.69) is 21.2 Å². The topological polar surface area (TPSA) is 69.6 Å². The van der Waals surface area contributed by atoms with Gasteiger partial charge in [0.2, 0.25) is 0 Å². The second-order valence-electron chi connectivity index (χ2n) is 3.56. The van der Waals surface area contributed by atoms with E-state index in [9.17, 15) is 9.90 Å². The zero-order valence-corrected chi connectivity index (χ0v) is 10.4. The summed E-state index contributed by atoms with van der Waals surface area (Å²) in [5.41, 5.74) is 0.968. The van der Waals surface area contributed by atoms with Crippen molar-refractivity contribution in [3.63, 3.8) is 0 Å². The molecule has 2 atom stereocenters. The van der Waals surface area contributed by atoms with Crippen LogP contribution in [0.15, 0.2) is 28.7 Å². The Balaban J connectivity index is 2.55. The number of aliphatic hydroxyl groups is 1. The minimum atomic E-state index is -1.05. The van der Waals surface area contributed by atoms with Gasteiger partial charge in [0.05, 0.1) is 6.10 Å². The Bertz CT molecular complexity index is 351. The van der Waals surface area contributed by atoms with Gasteiger partial charge in [-0.15, -0.1) is 0 Å². The van der Waals surface area contributed by atoms with Crippen LogP contribution in [-0.4, -0.2) is 28.3 Å². The molecule has 0 saturated heterocycles. The van der Waals surface area contributed by atoms with Crippen LogP contribution >= 0.6 is 15.9 Å². The van der Waals surface area contributed by atoms with E-state index < -0.39 is 18.1 Å². The Labute approximate surface area is 102 Å². The fourth-order valence-corrected chi connectivity index (χ4v) is 1.56. The number of hydrogen-bond acceptors (Lipinski definition) is 3. The van der Waals surface area contributed by atoms with Crippen molar-refractivity contribution < 1.29 is 15.0 Å². The van der Waals surface area contributed by atoms with Gasteiger partial charge in [0.1, 0.15) is 6.04 Å². The lowest BCUT2D eigenvalue weighted by molar-refractivity contribution is -0.142. The van der Waals surface area contributed by atoms with E-state index in [1.165, 1.54) is 6.92 Å². The fourth-order valence-electron chi connectivity index (χ4n) is 1.29. The first kappa shape index (κ1) is 13.2. The SMILES string of the molecule is CC(O)C(NCc1ccc(Br)cc1)C(=O)O. The van der Waals surface area contributed by atoms with Gasteiger partial charge in [0.25, 0.3) is 0 Å². The first-order chi connectivity index (χ1) is 7.50. The highest BCUT2D eigenvalue weighted by Gasteiger charge is 2.21. The van der Waals surface area contributed by atoms with Gasteiger partial charge in [-0.05, 0) is 24.6 Å². The minimum Gasteiger partial charge on any atom is -0.480 e. The number of aliphatic carboxylic acids is 1. The normalized spacial score (nSPS) is 14.4. The summed E-state index contributed by atoms with van der Waals surface area (Å²) in [6.45, 7) is 1.86. The molecule has 1 rings (SSSR count). The highest BCUT2D eigenvalue weighted by atomic mass is 79.9. The van der Waals surface area contributed by atoms with Gasteiger partial charge >= 0.3 is 5.97 Å². The van der Waals surface area contributed by atoms with E-state index >= 15 is 0 Å². The van der Waals surface area contributed by atoms with Crippen molar-refractivity contribution in [3.05, 3.63) is 34.3 Å². The Hall–Kier alpha value is -0.910. The molecule has 0 spiro atoms. The standard InChI is InChI=1S/C11H14BrNO3/c1-7(14)10(11(15)16)13-6-8-2-4-9(12)5-3-8/h2-5,7,10,13-14H,6H2,1H3,(H,15,16). The highest BCUT2D eigenvalue weighted by Crippen LogP contribution is 2.10. The molecule has 88 valence electrons. The molecule has 0 fully saturated rings. The predicted molar refractivity (Wildman–Crippen MR) is 64.1 cm³/mol. The molecular weight excluding hydrogens is 274 g/mol. The van der Waals surface area contributed by atoms with Gasteiger partial charge in [-0.25, -0.2) is 0 Å². The van der Waals surface area contributed by atoms with Crippen molar-refractivity contribution in [2.45, 2.75) is 25.6 Å². The minimum absolute atomic E-state index is 0.412. The Morgan fingerprint density at radius 2 is 2.00 bits per heavy atom. The Kier molecular flexibility index (Phi) is 4.92. The molecule has 5 heteroatoms. The third-order valence-corrected chi connectivity index (χ3v) is 2.72. The molecule has 4 nitrogen and oxygen atoms in total. The summed E-state index contributed by atoms with van der Waals surface area (Å²) >= 11 is 3.32. The van der Waals surface area contributed by atoms with Gasteiger partial charge in [-0.1, -0.05) is 28.1 Å². The van der Waals surface area contributed by atoms with Crippen molar-refractivity contribution in [3.8, 4) is 0 Å². The summed E-state index contributed by atoms with van der Waals surface area (Å²) in [6, 6.07) is 6.60. The summed E-state index contributed by atoms with van der Waals surface area (Å²) < 4.78 is 0.974. The van der Waals surface area contributed by atoms with Gasteiger partial charge in [0.15, 0.2) is 0 Å². The molecule has 0 aliphatic heterocycles. The smallest absolute Gasteiger partial charge is 0.323 e. The maximum absolute atomic E-state index is 10.8. The lowest BCUT2D eigenvalue weighted by Crippen LogP contribution is -2.44. The Morgan fingerprint density at radius 3 is 2.44 bits per heavy atom. The number of halogens is 1. The predicted octanol–water partition coefficient (Wildman–Crippen LogP) is 1.37. The number of carboxylic acid groups (broad SMARTS) is 1. The number of carboxylic acids is 1. The van der Waals surface area contributed by atoms with Crippen molar-refractivity contribution in [2.75, 3.05) is 0 Å². The van der Waals surface area contributed by atoms with E-state index in [1.54, 1.807) is 0 Å². The zero-order chi connectivity index (χ0) is 12.1. The molecule has 1 aromatic rings. The van der Waals surface area contributed by atoms with Crippen molar-refractivity contribution in [1.29, 1.82) is 0 Å². The molecule has 16 heavy (non-hydrogen) atoms. The molecule has 0 aliphatic rings. The van der Waals surface area contributed by atoms with Crippen LogP contribution in [0.2, 0.25) is 0 Å². The summed E-state index contributed by atoms with van der Waals surface area (Å²) in [6.07, 6.45) is -0.923. The monoisotopic (exact) mass is 287 g/mol. The van der Waals surface area contributed by atoms with Crippen LogP contribution in [0.1, 0.15) is 12.5 Å². The van der Waals surface area contributed by atoms with Crippen LogP contribution in [0.4, 0.5) is 0 Å². The van der Waals surface area contributed by atoms with Crippen molar-refractivity contribution in [1.82, 2.24) is 5.32 Å². The second kappa shape index (κ2) is 5.98. The molecule has 0 bridgehead atoms. The van der Waals surface area contributed by atoms with E-state index in [0.29, 0.717) is 6.54 Å². The van der Waals surface area contributed by atoms with Crippen molar-refractivity contribution >= 4 is 21.9 Å². The largest absolute Gasteiger partial charge is 0.480 e. The lowest BCUT2D eigenvalue weighted by Gasteiger charge is -2.16. The summed E-state index contributed by atoms with van der Waals surface area (Å²) in [5, 5.41) is 20.9. The third kappa shape index (κ3) is 3.92. The van der Waals surface area contributed by atoms with Crippen LogP contribution in [0, 0.1) is 0 Å². The molecule has 1 aromatic carbocycles. The molecule has 0 radical (unpaired) electrons. The molecule has 0 aromatic heterocycles. The fraction of sp³-hybridized carbons (Fsp3) is 0.364. The molecule has 0 saturated carbocycles. The second-order valence-corrected chi connectivity index (χ2v) is 4.48. The maximum atomic E-state index is 10.8. The third-order valence-electron chi connectivity index (χ3n) is 2.19. The van der Waals surface area contributed by atoms with E-state index in [0.717, 1.165) is 10.0 Å². The summed E-state index contributed by atoms with van der Waals surface area (Å²) in [4.78, 5) is 10.8. The van der Waals surface area contributed by atoms with Crippen LogP contribution in [-0.2, 0) is 11.3 Å². The number of carbonyl (C=O) groups is 1. The van der Waals surface area contributed by atoms with Gasteiger partial charge in [-0.3, -0.25) is 10.1 Å². The summed E-state index contributed by atoms with van der Waals surface area (Å²) in [7, 11) is 0. The number of aliphatic hydroxyl groups excluding tert-OH is 1. The van der Waals surface area contributed by atoms with Crippen LogP contribution in [0.3, 0.4) is 0 Å². The van der Waals surface area contributed by atoms with Crippen LogP contribution < -0.4 is 5.32 Å². The lowest BCUT2D eigenvalue weighted by atomic mass is 10.1. The highest BCUT2D eigenvalue weighted by molar-refractivity contribution is 9.10. The average molecular weight is 288 g/mol. The first-order valence-electron chi connectivity index (χ1n) is 4.89. The van der Waals surface area contributed by atoms with Crippen molar-refractivity contribution in [2.24, 2.45) is 0 Å². The van der Waals surface area contributed by atoms with E-state index in [4.69, 9.17) is 5.11 Å². The van der Waals surface area contributed by atoms with Gasteiger partial charge in [0, 0.05) is 11.0 Å². The molecule has 0 aliphatic carbocycles. The molecule has 0 heterocycles. The number of benzene rings is 1. The quantitative estimate of drug-likeness (QED) is 0.765. The van der Waals surface area contributed by atoms with Gasteiger partial charge in [-0.2, -0.15) is 0 Å². The Morgan fingerprint density at radius 1 is 1.44 bits per heavy atom. The zero-order valence-electron chi connectivity index (χ0n) is 8.85. The average Bonchev–Trinajstić information content (AvgIpc) is 2.20. The molecule has 3 N–H and O–H groups in total. The molecule has 2 unspecified atom stereocenters. The van der Waals surface area contributed by atoms with E-state index in [-0.39, 0.29) is 0 Å². The first-order valence-corrected chi connectivity index (χ1v) is 5.68. The van der Waals surface area contributed by atoms with Gasteiger partial charge < -0.3 is 10.2 Å². The molecule has 0 amide bonds. The van der Waals surface area contributed by atoms with E-state index in [1.807, 2.05) is 24.3 Å². The number of hydrogen-bond donors (Lipinski definition) is 3. The number of rotatable bonds is 5.